The van der Waals surface area contributed by atoms with Crippen molar-refractivity contribution >= 4 is 29.3 Å². The van der Waals surface area contributed by atoms with Gasteiger partial charge in [0.05, 0.1) is 17.5 Å². The number of anilines is 1. The summed E-state index contributed by atoms with van der Waals surface area (Å²) in [7, 11) is 0. The van der Waals surface area contributed by atoms with E-state index < -0.39 is 18.5 Å². The molecule has 2 rings (SSSR count). The Hall–Kier alpha value is -2.98. The van der Waals surface area contributed by atoms with Crippen LogP contribution in [0.1, 0.15) is 30.9 Å². The van der Waals surface area contributed by atoms with Crippen molar-refractivity contribution in [2.45, 2.75) is 31.6 Å². The molecule has 2 aromatic rings. The number of amides is 1. The summed E-state index contributed by atoms with van der Waals surface area (Å²) >= 11 is 1.32. The zero-order valence-corrected chi connectivity index (χ0v) is 17.5. The summed E-state index contributed by atoms with van der Waals surface area (Å²) in [6.07, 6.45) is 0. The molecule has 152 valence electrons. The Morgan fingerprint density at radius 1 is 1.17 bits per heavy atom. The van der Waals surface area contributed by atoms with E-state index in [0.29, 0.717) is 11.4 Å². The number of hydrogen-bond donors (Lipinski definition) is 1. The van der Waals surface area contributed by atoms with Gasteiger partial charge in [-0.1, -0.05) is 38.1 Å². The summed E-state index contributed by atoms with van der Waals surface area (Å²) in [5.74, 6) is 0.0952. The van der Waals surface area contributed by atoms with Crippen LogP contribution in [0.5, 0.6) is 5.75 Å². The fraction of sp³-hybridized carbons (Fsp3) is 0.318. The number of nitriles is 1. The third kappa shape index (κ3) is 7.16. The normalized spacial score (nSPS) is 10.3. The molecule has 7 heteroatoms. The fourth-order valence-electron chi connectivity index (χ4n) is 2.56. The number of rotatable bonds is 9. The molecular formula is C22H24N2O4S. The van der Waals surface area contributed by atoms with Gasteiger partial charge in [0.2, 0.25) is 0 Å². The van der Waals surface area contributed by atoms with Gasteiger partial charge < -0.3 is 14.8 Å². The van der Waals surface area contributed by atoms with Crippen LogP contribution in [0, 0.1) is 18.3 Å². The number of para-hydroxylation sites is 1. The molecule has 0 aromatic heterocycles. The van der Waals surface area contributed by atoms with Crippen molar-refractivity contribution in [3.8, 4) is 11.8 Å². The van der Waals surface area contributed by atoms with Crippen LogP contribution in [-0.2, 0) is 14.3 Å². The highest BCUT2D eigenvalue weighted by Crippen LogP contribution is 2.28. The topological polar surface area (TPSA) is 88.4 Å². The second-order valence-corrected chi connectivity index (χ2v) is 7.65. The van der Waals surface area contributed by atoms with Crippen LogP contribution in [0.3, 0.4) is 0 Å². The minimum absolute atomic E-state index is 0.256. The van der Waals surface area contributed by atoms with Gasteiger partial charge in [-0.25, -0.2) is 4.79 Å². The van der Waals surface area contributed by atoms with E-state index in [-0.39, 0.29) is 18.3 Å². The van der Waals surface area contributed by atoms with Gasteiger partial charge in [0.15, 0.2) is 13.2 Å². The second-order valence-electron chi connectivity index (χ2n) is 6.64. The number of carbonyl (C=O) groups excluding carboxylic acids is 2. The third-order valence-electron chi connectivity index (χ3n) is 3.95. The van der Waals surface area contributed by atoms with Crippen LogP contribution >= 0.6 is 11.8 Å². The molecule has 0 saturated heterocycles. The van der Waals surface area contributed by atoms with Crippen LogP contribution < -0.4 is 10.1 Å². The van der Waals surface area contributed by atoms with Gasteiger partial charge in [0.1, 0.15) is 5.75 Å². The zero-order chi connectivity index (χ0) is 21.2. The molecule has 0 aliphatic rings. The average Bonchev–Trinajstić information content (AvgIpc) is 2.70. The second kappa shape index (κ2) is 11.1. The first-order valence-corrected chi connectivity index (χ1v) is 10.2. The fourth-order valence-corrected chi connectivity index (χ4v) is 3.23. The van der Waals surface area contributed by atoms with Crippen molar-refractivity contribution in [1.29, 1.82) is 5.26 Å². The van der Waals surface area contributed by atoms with Crippen molar-refractivity contribution in [3.05, 3.63) is 53.6 Å². The largest absolute Gasteiger partial charge is 0.482 e. The predicted molar refractivity (Wildman–Crippen MR) is 113 cm³/mol. The van der Waals surface area contributed by atoms with Crippen LogP contribution in [0.25, 0.3) is 0 Å². The molecule has 0 heterocycles. The van der Waals surface area contributed by atoms with Crippen LogP contribution in [0.2, 0.25) is 0 Å². The lowest BCUT2D eigenvalue weighted by Crippen LogP contribution is -2.24. The van der Waals surface area contributed by atoms with E-state index in [1.54, 1.807) is 12.1 Å². The summed E-state index contributed by atoms with van der Waals surface area (Å²) in [5.41, 5.74) is 2.61. The molecule has 0 atom stereocenters. The summed E-state index contributed by atoms with van der Waals surface area (Å²) in [4.78, 5) is 24.9. The highest BCUT2D eigenvalue weighted by molar-refractivity contribution is 7.99. The monoisotopic (exact) mass is 412 g/mol. The SMILES string of the molecule is Cc1ccc(C(C)C)c(OCC(=O)OCC(=O)Nc2ccccc2SCC#N)c1. The minimum atomic E-state index is -0.622. The standard InChI is InChI=1S/C22H24N2O4S/c1-15(2)17-9-8-16(3)12-19(17)27-14-22(26)28-13-21(25)24-18-6-4-5-7-20(18)29-11-10-23/h4-9,12,15H,11,13-14H2,1-3H3,(H,24,25). The molecule has 0 saturated carbocycles. The summed E-state index contributed by atoms with van der Waals surface area (Å²) in [6, 6.07) is 15.0. The summed E-state index contributed by atoms with van der Waals surface area (Å²) in [6.45, 7) is 5.36. The molecule has 29 heavy (non-hydrogen) atoms. The predicted octanol–water partition coefficient (Wildman–Crippen LogP) is 4.29. The molecule has 1 amide bonds. The Bertz CT molecular complexity index is 906. The van der Waals surface area contributed by atoms with Crippen molar-refractivity contribution in [2.24, 2.45) is 0 Å². The smallest absolute Gasteiger partial charge is 0.344 e. The molecule has 0 radical (unpaired) electrons. The number of esters is 1. The number of aryl methyl sites for hydroxylation is 1. The number of nitrogens with zero attached hydrogens (tertiary/aromatic N) is 1. The van der Waals surface area contributed by atoms with Crippen LogP contribution in [-0.4, -0.2) is 30.8 Å². The Morgan fingerprint density at radius 3 is 2.66 bits per heavy atom. The number of benzene rings is 2. The van der Waals surface area contributed by atoms with Gasteiger partial charge >= 0.3 is 5.97 Å². The lowest BCUT2D eigenvalue weighted by Gasteiger charge is -2.14. The molecule has 0 aliphatic heterocycles. The summed E-state index contributed by atoms with van der Waals surface area (Å²) in [5, 5.41) is 11.4. The molecule has 6 nitrogen and oxygen atoms in total. The van der Waals surface area contributed by atoms with E-state index in [4.69, 9.17) is 14.7 Å². The van der Waals surface area contributed by atoms with Crippen molar-refractivity contribution in [2.75, 3.05) is 24.3 Å². The number of ether oxygens (including phenoxy) is 2. The molecule has 0 bridgehead atoms. The zero-order valence-electron chi connectivity index (χ0n) is 16.7. The van der Waals surface area contributed by atoms with E-state index in [1.165, 1.54) is 11.8 Å². The van der Waals surface area contributed by atoms with E-state index >= 15 is 0 Å². The molecule has 0 unspecified atom stereocenters. The minimum Gasteiger partial charge on any atom is -0.482 e. The van der Waals surface area contributed by atoms with E-state index in [1.807, 2.05) is 57.2 Å². The first-order valence-electron chi connectivity index (χ1n) is 9.18. The Balaban J connectivity index is 1.85. The van der Waals surface area contributed by atoms with E-state index in [9.17, 15) is 9.59 Å². The van der Waals surface area contributed by atoms with Gasteiger partial charge in [0.25, 0.3) is 5.91 Å². The van der Waals surface area contributed by atoms with Gasteiger partial charge in [-0.15, -0.1) is 11.8 Å². The molecule has 2 aromatic carbocycles. The molecule has 1 N–H and O–H groups in total. The lowest BCUT2D eigenvalue weighted by molar-refractivity contribution is -0.149. The van der Waals surface area contributed by atoms with Crippen molar-refractivity contribution in [1.82, 2.24) is 0 Å². The molecule has 0 fully saturated rings. The average molecular weight is 413 g/mol. The lowest BCUT2D eigenvalue weighted by atomic mass is 10.0. The number of carbonyl (C=O) groups is 2. The van der Waals surface area contributed by atoms with Gasteiger partial charge in [-0.05, 0) is 42.2 Å². The Kier molecular flexibility index (Phi) is 8.56. The first-order chi connectivity index (χ1) is 13.9. The third-order valence-corrected chi connectivity index (χ3v) is 4.89. The van der Waals surface area contributed by atoms with E-state index in [2.05, 4.69) is 5.32 Å². The molecule has 0 aliphatic carbocycles. The van der Waals surface area contributed by atoms with Gasteiger partial charge in [-0.3, -0.25) is 4.79 Å². The summed E-state index contributed by atoms with van der Waals surface area (Å²) < 4.78 is 10.6. The highest BCUT2D eigenvalue weighted by atomic mass is 32.2. The number of hydrogen-bond acceptors (Lipinski definition) is 6. The van der Waals surface area contributed by atoms with Gasteiger partial charge in [0, 0.05) is 4.90 Å². The quantitative estimate of drug-likeness (QED) is 0.488. The maximum absolute atomic E-state index is 12.1. The molecular weight excluding hydrogens is 388 g/mol. The van der Waals surface area contributed by atoms with Crippen molar-refractivity contribution < 1.29 is 19.1 Å². The Morgan fingerprint density at radius 2 is 1.93 bits per heavy atom. The maximum atomic E-state index is 12.1. The number of thioether (sulfide) groups is 1. The van der Waals surface area contributed by atoms with E-state index in [0.717, 1.165) is 16.0 Å². The first kappa shape index (κ1) is 22.3. The van der Waals surface area contributed by atoms with Crippen LogP contribution in [0.4, 0.5) is 5.69 Å². The Labute approximate surface area is 175 Å². The number of nitrogens with one attached hydrogen (secondary N) is 1. The van der Waals surface area contributed by atoms with Gasteiger partial charge in [-0.2, -0.15) is 5.26 Å². The molecule has 0 spiro atoms. The maximum Gasteiger partial charge on any atom is 0.344 e. The van der Waals surface area contributed by atoms with Crippen LogP contribution in [0.15, 0.2) is 47.4 Å². The highest BCUT2D eigenvalue weighted by Gasteiger charge is 2.13. The van der Waals surface area contributed by atoms with Crippen molar-refractivity contribution in [3.63, 3.8) is 0 Å².